The first-order chi connectivity index (χ1) is 11.5. The van der Waals surface area contributed by atoms with E-state index in [1.54, 1.807) is 0 Å². The predicted molar refractivity (Wildman–Crippen MR) is 98.0 cm³/mol. The first kappa shape index (κ1) is 16.8. The summed E-state index contributed by atoms with van der Waals surface area (Å²) in [7, 11) is 2.12. The van der Waals surface area contributed by atoms with Crippen LogP contribution in [0.2, 0.25) is 0 Å². The highest BCUT2D eigenvalue weighted by molar-refractivity contribution is 5.96. The fourth-order valence-electron chi connectivity index (χ4n) is 3.56. The van der Waals surface area contributed by atoms with Gasteiger partial charge >= 0.3 is 0 Å². The molecule has 0 bridgehead atoms. The number of rotatable bonds is 2. The van der Waals surface area contributed by atoms with E-state index in [0.29, 0.717) is 0 Å². The van der Waals surface area contributed by atoms with Crippen LogP contribution in [0, 0.1) is 20.8 Å². The number of carbonyl (C=O) groups is 1. The monoisotopic (exact) mass is 325 g/mol. The molecule has 0 spiro atoms. The van der Waals surface area contributed by atoms with Crippen LogP contribution in [0.15, 0.2) is 30.3 Å². The molecule has 1 aliphatic heterocycles. The summed E-state index contributed by atoms with van der Waals surface area (Å²) in [5.41, 5.74) is 5.32. The molecule has 1 fully saturated rings. The van der Waals surface area contributed by atoms with Crippen molar-refractivity contribution in [3.8, 4) is 5.69 Å². The molecule has 1 aromatic carbocycles. The molecule has 1 aliphatic rings. The van der Waals surface area contributed by atoms with Gasteiger partial charge in [0.15, 0.2) is 0 Å². The van der Waals surface area contributed by atoms with Gasteiger partial charge in [0, 0.05) is 36.7 Å². The first-order valence-electron chi connectivity index (χ1n) is 8.71. The fourth-order valence-corrected chi connectivity index (χ4v) is 3.56. The zero-order chi connectivity index (χ0) is 17.3. The Hall–Kier alpha value is -2.07. The van der Waals surface area contributed by atoms with Crippen molar-refractivity contribution in [2.45, 2.75) is 27.2 Å². The van der Waals surface area contributed by atoms with E-state index >= 15 is 0 Å². The third-order valence-corrected chi connectivity index (χ3v) is 4.93. The number of aryl methyl sites for hydroxylation is 2. The Morgan fingerprint density at radius 3 is 2.54 bits per heavy atom. The number of hydrogen-bond acceptors (Lipinski definition) is 2. The van der Waals surface area contributed by atoms with E-state index in [9.17, 15) is 4.79 Å². The van der Waals surface area contributed by atoms with Gasteiger partial charge in [0.1, 0.15) is 0 Å². The van der Waals surface area contributed by atoms with Gasteiger partial charge in [-0.15, -0.1) is 0 Å². The highest BCUT2D eigenvalue weighted by Gasteiger charge is 2.23. The van der Waals surface area contributed by atoms with Gasteiger partial charge in [0.2, 0.25) is 0 Å². The molecule has 128 valence electrons. The van der Waals surface area contributed by atoms with Crippen molar-refractivity contribution in [1.29, 1.82) is 0 Å². The van der Waals surface area contributed by atoms with Crippen LogP contribution >= 0.6 is 0 Å². The Morgan fingerprint density at radius 1 is 1.00 bits per heavy atom. The lowest BCUT2D eigenvalue weighted by molar-refractivity contribution is 0.0762. The average Bonchev–Trinajstić information content (AvgIpc) is 2.70. The molecule has 2 aromatic rings. The first-order valence-corrected chi connectivity index (χ1v) is 8.71. The van der Waals surface area contributed by atoms with E-state index in [2.05, 4.69) is 54.6 Å². The highest BCUT2D eigenvalue weighted by Crippen LogP contribution is 2.23. The Morgan fingerprint density at radius 2 is 1.79 bits per heavy atom. The molecule has 3 rings (SSSR count). The number of carbonyl (C=O) groups excluding carboxylic acids is 1. The second kappa shape index (κ2) is 6.81. The lowest BCUT2D eigenvalue weighted by atomic mass is 10.2. The maximum atomic E-state index is 13.0. The van der Waals surface area contributed by atoms with Crippen molar-refractivity contribution in [3.05, 3.63) is 52.8 Å². The van der Waals surface area contributed by atoms with E-state index < -0.39 is 0 Å². The minimum absolute atomic E-state index is 0.164. The van der Waals surface area contributed by atoms with E-state index in [0.717, 1.165) is 55.2 Å². The van der Waals surface area contributed by atoms with Crippen LogP contribution in [0.4, 0.5) is 0 Å². The Kier molecular flexibility index (Phi) is 4.76. The molecule has 4 nitrogen and oxygen atoms in total. The summed E-state index contributed by atoms with van der Waals surface area (Å²) >= 11 is 0. The zero-order valence-electron chi connectivity index (χ0n) is 15.2. The average molecular weight is 325 g/mol. The van der Waals surface area contributed by atoms with Crippen molar-refractivity contribution in [1.82, 2.24) is 14.4 Å². The molecular formula is C20H27N3O. The number of benzene rings is 1. The molecule has 0 aliphatic carbocycles. The maximum absolute atomic E-state index is 13.0. The third kappa shape index (κ3) is 3.24. The molecule has 1 amide bonds. The van der Waals surface area contributed by atoms with Crippen LogP contribution in [-0.4, -0.2) is 53.5 Å². The van der Waals surface area contributed by atoms with Crippen LogP contribution in [0.3, 0.4) is 0 Å². The van der Waals surface area contributed by atoms with Crippen molar-refractivity contribution < 1.29 is 4.79 Å². The smallest absolute Gasteiger partial charge is 0.255 e. The van der Waals surface area contributed by atoms with Gasteiger partial charge in [-0.05, 0) is 64.5 Å². The van der Waals surface area contributed by atoms with Crippen molar-refractivity contribution in [3.63, 3.8) is 0 Å². The maximum Gasteiger partial charge on any atom is 0.255 e. The van der Waals surface area contributed by atoms with Gasteiger partial charge in [-0.2, -0.15) is 0 Å². The molecule has 0 atom stereocenters. The van der Waals surface area contributed by atoms with Gasteiger partial charge in [-0.1, -0.05) is 12.1 Å². The van der Waals surface area contributed by atoms with E-state index in [1.165, 1.54) is 5.56 Å². The van der Waals surface area contributed by atoms with Crippen LogP contribution in [-0.2, 0) is 0 Å². The van der Waals surface area contributed by atoms with Crippen molar-refractivity contribution in [2.24, 2.45) is 0 Å². The number of nitrogens with zero attached hydrogens (tertiary/aromatic N) is 3. The molecule has 4 heteroatoms. The molecule has 0 N–H and O–H groups in total. The van der Waals surface area contributed by atoms with Crippen LogP contribution < -0.4 is 0 Å². The summed E-state index contributed by atoms with van der Waals surface area (Å²) in [4.78, 5) is 17.3. The predicted octanol–water partition coefficient (Wildman–Crippen LogP) is 3.18. The van der Waals surface area contributed by atoms with Crippen molar-refractivity contribution in [2.75, 3.05) is 33.2 Å². The Bertz CT molecular complexity index is 747. The topological polar surface area (TPSA) is 28.5 Å². The Labute approximate surface area is 144 Å². The summed E-state index contributed by atoms with van der Waals surface area (Å²) in [6, 6.07) is 10.5. The van der Waals surface area contributed by atoms with Gasteiger partial charge in [0.05, 0.1) is 5.56 Å². The normalized spacial score (nSPS) is 16.2. The summed E-state index contributed by atoms with van der Waals surface area (Å²) in [5, 5.41) is 0. The second-order valence-corrected chi connectivity index (χ2v) is 6.91. The fraction of sp³-hybridized carbons (Fsp3) is 0.450. The SMILES string of the molecule is Cc1cccc(-n2c(C)cc(C(=O)N3CCCN(C)CC3)c2C)c1. The van der Waals surface area contributed by atoms with E-state index in [4.69, 9.17) is 0 Å². The quantitative estimate of drug-likeness (QED) is 0.848. The molecule has 24 heavy (non-hydrogen) atoms. The molecule has 1 aromatic heterocycles. The standard InChI is InChI=1S/C20H27N3O/c1-15-7-5-8-18(13-15)23-16(2)14-19(17(23)3)20(24)22-10-6-9-21(4)11-12-22/h5,7-8,13-14H,6,9-12H2,1-4H3. The molecule has 0 unspecified atom stereocenters. The molecular weight excluding hydrogens is 298 g/mol. The minimum Gasteiger partial charge on any atom is -0.337 e. The number of amides is 1. The largest absolute Gasteiger partial charge is 0.337 e. The Balaban J connectivity index is 1.92. The lowest BCUT2D eigenvalue weighted by Crippen LogP contribution is -2.34. The van der Waals surface area contributed by atoms with Gasteiger partial charge in [0.25, 0.3) is 5.91 Å². The molecule has 0 radical (unpaired) electrons. The van der Waals surface area contributed by atoms with E-state index in [-0.39, 0.29) is 5.91 Å². The number of aromatic nitrogens is 1. The molecule has 0 saturated carbocycles. The summed E-state index contributed by atoms with van der Waals surface area (Å²) in [6.07, 6.45) is 1.04. The summed E-state index contributed by atoms with van der Waals surface area (Å²) in [5.74, 6) is 0.164. The van der Waals surface area contributed by atoms with E-state index in [1.807, 2.05) is 17.9 Å². The lowest BCUT2D eigenvalue weighted by Gasteiger charge is -2.20. The van der Waals surface area contributed by atoms with Crippen molar-refractivity contribution >= 4 is 5.91 Å². The van der Waals surface area contributed by atoms with Gasteiger partial charge < -0.3 is 14.4 Å². The highest BCUT2D eigenvalue weighted by atomic mass is 16.2. The zero-order valence-corrected chi connectivity index (χ0v) is 15.2. The molecule has 2 heterocycles. The van der Waals surface area contributed by atoms with Crippen LogP contribution in [0.1, 0.15) is 33.7 Å². The summed E-state index contributed by atoms with van der Waals surface area (Å²) in [6.45, 7) is 9.88. The van der Waals surface area contributed by atoms with Crippen LogP contribution in [0.5, 0.6) is 0 Å². The third-order valence-electron chi connectivity index (χ3n) is 4.93. The van der Waals surface area contributed by atoms with Gasteiger partial charge in [-0.25, -0.2) is 0 Å². The van der Waals surface area contributed by atoms with Gasteiger partial charge in [-0.3, -0.25) is 4.79 Å². The van der Waals surface area contributed by atoms with Crippen LogP contribution in [0.25, 0.3) is 5.69 Å². The number of likely N-dealkylation sites (N-methyl/N-ethyl adjacent to an activating group) is 1. The number of hydrogen-bond donors (Lipinski definition) is 0. The second-order valence-electron chi connectivity index (χ2n) is 6.91. The summed E-state index contributed by atoms with van der Waals surface area (Å²) < 4.78 is 2.18. The molecule has 1 saturated heterocycles. The minimum atomic E-state index is 0.164.